The fraction of sp³-hybridized carbons (Fsp3) is 0. The van der Waals surface area contributed by atoms with Crippen LogP contribution in [0.4, 0.5) is 14.5 Å². The molecule has 0 fully saturated rings. The first-order valence-corrected chi connectivity index (χ1v) is 5.29. The van der Waals surface area contributed by atoms with Crippen LogP contribution in [0.1, 0.15) is 10.4 Å². The van der Waals surface area contributed by atoms with Crippen molar-refractivity contribution in [2.75, 3.05) is 5.73 Å². The van der Waals surface area contributed by atoms with Crippen LogP contribution in [0, 0.1) is 11.6 Å². The highest BCUT2D eigenvalue weighted by Crippen LogP contribution is 2.29. The Labute approximate surface area is 107 Å². The number of anilines is 1. The summed E-state index contributed by atoms with van der Waals surface area (Å²) in [7, 11) is 0. The van der Waals surface area contributed by atoms with Gasteiger partial charge in [0, 0.05) is 23.4 Å². The van der Waals surface area contributed by atoms with Gasteiger partial charge in [0.15, 0.2) is 17.4 Å². The summed E-state index contributed by atoms with van der Waals surface area (Å²) in [5, 5.41) is 0. The number of ether oxygens (including phenoxy) is 1. The Bertz CT molecular complexity index is 621. The normalized spacial score (nSPS) is 10.2. The molecule has 0 aliphatic rings. The highest BCUT2D eigenvalue weighted by Gasteiger charge is 2.13. The maximum Gasteiger partial charge on any atom is 0.248 e. The number of nitrogens with two attached hydrogens (primary N) is 2. The quantitative estimate of drug-likeness (QED) is 0.836. The second-order valence-corrected chi connectivity index (χ2v) is 3.81. The van der Waals surface area contributed by atoms with Crippen molar-refractivity contribution >= 4 is 11.6 Å². The van der Waals surface area contributed by atoms with Gasteiger partial charge in [0.25, 0.3) is 0 Å². The van der Waals surface area contributed by atoms with E-state index in [4.69, 9.17) is 16.2 Å². The van der Waals surface area contributed by atoms with Gasteiger partial charge in [0.05, 0.1) is 0 Å². The third-order valence-electron chi connectivity index (χ3n) is 2.36. The van der Waals surface area contributed by atoms with E-state index >= 15 is 0 Å². The van der Waals surface area contributed by atoms with Crippen LogP contribution in [0.15, 0.2) is 36.4 Å². The molecule has 1 amide bonds. The van der Waals surface area contributed by atoms with Crippen molar-refractivity contribution in [3.05, 3.63) is 53.6 Å². The number of rotatable bonds is 3. The number of nitrogen functional groups attached to an aromatic ring is 1. The Morgan fingerprint density at radius 2 is 1.74 bits per heavy atom. The SMILES string of the molecule is NC(=O)c1cccc(Oc2c(F)cc(N)cc2F)c1. The van der Waals surface area contributed by atoms with Crippen LogP contribution in [0.5, 0.6) is 11.5 Å². The average molecular weight is 264 g/mol. The summed E-state index contributed by atoms with van der Waals surface area (Å²) < 4.78 is 32.1. The molecule has 0 aliphatic carbocycles. The molecule has 0 saturated heterocycles. The van der Waals surface area contributed by atoms with Crippen molar-refractivity contribution < 1.29 is 18.3 Å². The van der Waals surface area contributed by atoms with E-state index < -0.39 is 23.3 Å². The van der Waals surface area contributed by atoms with Gasteiger partial charge in [-0.2, -0.15) is 0 Å². The molecule has 4 nitrogen and oxygen atoms in total. The molecule has 6 heteroatoms. The van der Waals surface area contributed by atoms with Gasteiger partial charge in [-0.1, -0.05) is 6.07 Å². The molecule has 0 unspecified atom stereocenters. The smallest absolute Gasteiger partial charge is 0.248 e. The van der Waals surface area contributed by atoms with Gasteiger partial charge in [-0.25, -0.2) is 8.78 Å². The molecule has 98 valence electrons. The van der Waals surface area contributed by atoms with Crippen LogP contribution < -0.4 is 16.2 Å². The van der Waals surface area contributed by atoms with Crippen LogP contribution in [0.2, 0.25) is 0 Å². The molecule has 0 bridgehead atoms. The Morgan fingerprint density at radius 3 is 2.32 bits per heavy atom. The van der Waals surface area contributed by atoms with Crippen molar-refractivity contribution in [1.82, 2.24) is 0 Å². The lowest BCUT2D eigenvalue weighted by atomic mass is 10.2. The molecule has 0 spiro atoms. The zero-order valence-corrected chi connectivity index (χ0v) is 9.69. The molecule has 0 atom stereocenters. The monoisotopic (exact) mass is 264 g/mol. The summed E-state index contributed by atoms with van der Waals surface area (Å²) in [4.78, 5) is 11.0. The van der Waals surface area contributed by atoms with Gasteiger partial charge >= 0.3 is 0 Å². The van der Waals surface area contributed by atoms with Crippen LogP contribution >= 0.6 is 0 Å². The van der Waals surface area contributed by atoms with Gasteiger partial charge in [-0.3, -0.25) is 4.79 Å². The van der Waals surface area contributed by atoms with Gasteiger partial charge < -0.3 is 16.2 Å². The first-order chi connectivity index (χ1) is 8.97. The summed E-state index contributed by atoms with van der Waals surface area (Å²) in [6, 6.07) is 7.57. The van der Waals surface area contributed by atoms with E-state index in [1.807, 2.05) is 0 Å². The van der Waals surface area contributed by atoms with Crippen molar-refractivity contribution in [3.63, 3.8) is 0 Å². The average Bonchev–Trinajstić information content (AvgIpc) is 2.34. The fourth-order valence-electron chi connectivity index (χ4n) is 1.51. The summed E-state index contributed by atoms with van der Waals surface area (Å²) in [6.07, 6.45) is 0. The second kappa shape index (κ2) is 4.93. The number of benzene rings is 2. The molecule has 2 rings (SSSR count). The topological polar surface area (TPSA) is 78.3 Å². The van der Waals surface area contributed by atoms with Crippen molar-refractivity contribution in [2.24, 2.45) is 5.73 Å². The summed E-state index contributed by atoms with van der Waals surface area (Å²) in [5.41, 5.74) is 10.5. The minimum Gasteiger partial charge on any atom is -0.451 e. The lowest BCUT2D eigenvalue weighted by Crippen LogP contribution is -2.10. The first-order valence-electron chi connectivity index (χ1n) is 5.29. The Kier molecular flexibility index (Phi) is 3.33. The molecule has 0 aromatic heterocycles. The van der Waals surface area contributed by atoms with Gasteiger partial charge in [-0.15, -0.1) is 0 Å². The van der Waals surface area contributed by atoms with Gasteiger partial charge in [0.2, 0.25) is 5.91 Å². The summed E-state index contributed by atoms with van der Waals surface area (Å²) in [6.45, 7) is 0. The number of amides is 1. The van der Waals surface area contributed by atoms with Crippen LogP contribution in [-0.2, 0) is 0 Å². The molecular weight excluding hydrogens is 254 g/mol. The van der Waals surface area contributed by atoms with E-state index in [0.717, 1.165) is 12.1 Å². The van der Waals surface area contributed by atoms with Crippen molar-refractivity contribution in [1.29, 1.82) is 0 Å². The van der Waals surface area contributed by atoms with Gasteiger partial charge in [0.1, 0.15) is 5.75 Å². The van der Waals surface area contributed by atoms with E-state index in [-0.39, 0.29) is 17.0 Å². The molecule has 0 heterocycles. The lowest BCUT2D eigenvalue weighted by Gasteiger charge is -2.09. The summed E-state index contributed by atoms with van der Waals surface area (Å²) in [5.74, 6) is -3.01. The number of hydrogen-bond acceptors (Lipinski definition) is 3. The predicted molar refractivity (Wildman–Crippen MR) is 65.8 cm³/mol. The fourth-order valence-corrected chi connectivity index (χ4v) is 1.51. The van der Waals surface area contributed by atoms with Gasteiger partial charge in [-0.05, 0) is 18.2 Å². The molecule has 2 aromatic rings. The van der Waals surface area contributed by atoms with Crippen LogP contribution in [0.3, 0.4) is 0 Å². The molecular formula is C13H10F2N2O2. The third-order valence-corrected chi connectivity index (χ3v) is 2.36. The molecule has 0 aliphatic heterocycles. The van der Waals surface area contributed by atoms with E-state index in [1.54, 1.807) is 0 Å². The molecule has 2 aromatic carbocycles. The second-order valence-electron chi connectivity index (χ2n) is 3.81. The first kappa shape index (κ1) is 12.8. The van der Waals surface area contributed by atoms with Crippen LogP contribution in [0.25, 0.3) is 0 Å². The standard InChI is InChI=1S/C13H10F2N2O2/c14-10-5-8(16)6-11(15)12(10)19-9-3-1-2-7(4-9)13(17)18/h1-6H,16H2,(H2,17,18). The maximum atomic E-state index is 13.5. The van der Waals surface area contributed by atoms with E-state index in [9.17, 15) is 13.6 Å². The molecule has 0 saturated carbocycles. The van der Waals surface area contributed by atoms with E-state index in [1.165, 1.54) is 24.3 Å². The van der Waals surface area contributed by atoms with E-state index in [0.29, 0.717) is 0 Å². The number of hydrogen-bond donors (Lipinski definition) is 2. The Hall–Kier alpha value is -2.63. The predicted octanol–water partition coefficient (Wildman–Crippen LogP) is 2.44. The van der Waals surface area contributed by atoms with Crippen LogP contribution in [-0.4, -0.2) is 5.91 Å². The van der Waals surface area contributed by atoms with E-state index in [2.05, 4.69) is 0 Å². The van der Waals surface area contributed by atoms with Crippen molar-refractivity contribution in [2.45, 2.75) is 0 Å². The molecule has 19 heavy (non-hydrogen) atoms. The highest BCUT2D eigenvalue weighted by molar-refractivity contribution is 5.93. The number of halogens is 2. The number of primary amides is 1. The molecule has 0 radical (unpaired) electrons. The zero-order chi connectivity index (χ0) is 14.0. The minimum atomic E-state index is -0.929. The van der Waals surface area contributed by atoms with Crippen molar-refractivity contribution in [3.8, 4) is 11.5 Å². The Morgan fingerprint density at radius 1 is 1.11 bits per heavy atom. The third kappa shape index (κ3) is 2.79. The highest BCUT2D eigenvalue weighted by atomic mass is 19.1. The summed E-state index contributed by atoms with van der Waals surface area (Å²) >= 11 is 0. The maximum absolute atomic E-state index is 13.5. The minimum absolute atomic E-state index is 0.0479. The Balaban J connectivity index is 2.36. The lowest BCUT2D eigenvalue weighted by molar-refractivity contribution is 0.1000. The number of carbonyl (C=O) groups excluding carboxylic acids is 1. The molecule has 4 N–H and O–H groups in total. The zero-order valence-electron chi connectivity index (χ0n) is 9.69. The largest absolute Gasteiger partial charge is 0.451 e. The number of carbonyl (C=O) groups is 1.